The molecular weight excluding hydrogens is 332 g/mol. The van der Waals surface area contributed by atoms with Gasteiger partial charge in [-0.25, -0.2) is 0 Å². The summed E-state index contributed by atoms with van der Waals surface area (Å²) in [6.45, 7) is 1.34. The number of rotatable bonds is 9. The van der Waals surface area contributed by atoms with E-state index in [1.54, 1.807) is 21.3 Å². The van der Waals surface area contributed by atoms with E-state index < -0.39 is 0 Å². The van der Waals surface area contributed by atoms with Crippen molar-refractivity contribution in [2.45, 2.75) is 13.0 Å². The average molecular weight is 358 g/mol. The number of methoxy groups -OCH3 is 3. The molecule has 0 atom stereocenters. The van der Waals surface area contributed by atoms with Crippen molar-refractivity contribution in [1.29, 1.82) is 0 Å². The summed E-state index contributed by atoms with van der Waals surface area (Å²) in [5, 5.41) is 2.89. The topological polar surface area (TPSA) is 60.0 Å². The number of carbonyl (C=O) groups is 1. The second-order valence-electron chi connectivity index (χ2n) is 5.93. The van der Waals surface area contributed by atoms with Crippen molar-refractivity contribution < 1.29 is 19.0 Å². The molecular formula is C20H26N2O4. The van der Waals surface area contributed by atoms with Crippen LogP contribution in [-0.4, -0.2) is 45.7 Å². The molecule has 1 amide bonds. The van der Waals surface area contributed by atoms with E-state index in [0.29, 0.717) is 42.4 Å². The predicted molar refractivity (Wildman–Crippen MR) is 102 cm³/mol. The first-order chi connectivity index (χ1) is 12.6. The van der Waals surface area contributed by atoms with Crippen molar-refractivity contribution >= 4 is 11.6 Å². The smallest absolute Gasteiger partial charge is 0.225 e. The Bertz CT molecular complexity index is 734. The van der Waals surface area contributed by atoms with Gasteiger partial charge in [-0.15, -0.1) is 0 Å². The van der Waals surface area contributed by atoms with Gasteiger partial charge in [0.15, 0.2) is 11.5 Å². The van der Waals surface area contributed by atoms with Crippen LogP contribution in [0.5, 0.6) is 17.2 Å². The summed E-state index contributed by atoms with van der Waals surface area (Å²) in [7, 11) is 6.80. The molecule has 0 aromatic heterocycles. The number of hydrogen-bond donors (Lipinski definition) is 1. The van der Waals surface area contributed by atoms with Crippen molar-refractivity contribution in [2.75, 3.05) is 40.2 Å². The first-order valence-electron chi connectivity index (χ1n) is 8.39. The summed E-state index contributed by atoms with van der Waals surface area (Å²) in [6, 6.07) is 13.2. The summed E-state index contributed by atoms with van der Waals surface area (Å²) in [5.74, 6) is 2.01. The molecule has 26 heavy (non-hydrogen) atoms. The number of ether oxygens (including phenoxy) is 3. The maximum absolute atomic E-state index is 12.2. The van der Waals surface area contributed by atoms with Gasteiger partial charge in [0.1, 0.15) is 5.75 Å². The van der Waals surface area contributed by atoms with E-state index in [1.165, 1.54) is 0 Å². The molecule has 0 aliphatic heterocycles. The van der Waals surface area contributed by atoms with Crippen LogP contribution < -0.4 is 19.5 Å². The maximum atomic E-state index is 12.2. The van der Waals surface area contributed by atoms with Crippen molar-refractivity contribution in [2.24, 2.45) is 0 Å². The van der Waals surface area contributed by atoms with Gasteiger partial charge in [-0.1, -0.05) is 18.2 Å². The van der Waals surface area contributed by atoms with Crippen LogP contribution in [0.4, 0.5) is 5.69 Å². The zero-order valence-corrected chi connectivity index (χ0v) is 15.7. The lowest BCUT2D eigenvalue weighted by atomic mass is 10.2. The Balaban J connectivity index is 1.86. The SMILES string of the molecule is COc1ccccc1NC(=O)CCN(C)Cc1ccc(OC)c(OC)c1. The highest BCUT2D eigenvalue weighted by atomic mass is 16.5. The van der Waals surface area contributed by atoms with Gasteiger partial charge in [-0.05, 0) is 36.9 Å². The lowest BCUT2D eigenvalue weighted by Gasteiger charge is -2.18. The Hall–Kier alpha value is -2.73. The largest absolute Gasteiger partial charge is 0.495 e. The molecule has 2 rings (SSSR count). The van der Waals surface area contributed by atoms with E-state index >= 15 is 0 Å². The third-order valence-corrected chi connectivity index (χ3v) is 4.00. The lowest BCUT2D eigenvalue weighted by Crippen LogP contribution is -2.24. The minimum atomic E-state index is -0.0475. The normalized spacial score (nSPS) is 10.5. The monoisotopic (exact) mass is 358 g/mol. The highest BCUT2D eigenvalue weighted by Gasteiger charge is 2.10. The quantitative estimate of drug-likeness (QED) is 0.746. The summed E-state index contributed by atoms with van der Waals surface area (Å²) in [6.07, 6.45) is 0.391. The molecule has 0 heterocycles. The van der Waals surface area contributed by atoms with E-state index in [-0.39, 0.29) is 5.91 Å². The van der Waals surface area contributed by atoms with Crippen LogP contribution in [0.2, 0.25) is 0 Å². The third kappa shape index (κ3) is 5.39. The minimum Gasteiger partial charge on any atom is -0.495 e. The zero-order chi connectivity index (χ0) is 18.9. The molecule has 0 aliphatic carbocycles. The number of nitrogens with one attached hydrogen (secondary N) is 1. The standard InChI is InChI=1S/C20H26N2O4/c1-22(14-15-9-10-18(25-3)19(13-15)26-4)12-11-20(23)21-16-7-5-6-8-17(16)24-2/h5-10,13H,11-12,14H2,1-4H3,(H,21,23). The van der Waals surface area contributed by atoms with Gasteiger partial charge in [0.05, 0.1) is 27.0 Å². The Kier molecular flexibility index (Phi) is 7.29. The van der Waals surface area contributed by atoms with Crippen LogP contribution >= 0.6 is 0 Å². The molecule has 6 heteroatoms. The van der Waals surface area contributed by atoms with Crippen molar-refractivity contribution in [3.63, 3.8) is 0 Å². The summed E-state index contributed by atoms with van der Waals surface area (Å²) >= 11 is 0. The van der Waals surface area contributed by atoms with Crippen LogP contribution in [0.15, 0.2) is 42.5 Å². The van der Waals surface area contributed by atoms with Crippen molar-refractivity contribution in [3.8, 4) is 17.2 Å². The van der Waals surface area contributed by atoms with Crippen LogP contribution in [0.25, 0.3) is 0 Å². The van der Waals surface area contributed by atoms with Gasteiger partial charge < -0.3 is 24.4 Å². The molecule has 6 nitrogen and oxygen atoms in total. The lowest BCUT2D eigenvalue weighted by molar-refractivity contribution is -0.116. The molecule has 2 aromatic rings. The highest BCUT2D eigenvalue weighted by molar-refractivity contribution is 5.92. The van der Waals surface area contributed by atoms with Gasteiger partial charge >= 0.3 is 0 Å². The number of para-hydroxylation sites is 2. The van der Waals surface area contributed by atoms with Gasteiger partial charge in [-0.3, -0.25) is 4.79 Å². The van der Waals surface area contributed by atoms with Gasteiger partial charge in [0, 0.05) is 19.5 Å². The van der Waals surface area contributed by atoms with Crippen LogP contribution in [0.3, 0.4) is 0 Å². The molecule has 0 saturated heterocycles. The van der Waals surface area contributed by atoms with Crippen molar-refractivity contribution in [3.05, 3.63) is 48.0 Å². The molecule has 140 valence electrons. The number of amides is 1. The fraction of sp³-hybridized carbons (Fsp3) is 0.350. The van der Waals surface area contributed by atoms with E-state index in [4.69, 9.17) is 14.2 Å². The minimum absolute atomic E-state index is 0.0475. The Morgan fingerprint density at radius 3 is 2.35 bits per heavy atom. The first-order valence-corrected chi connectivity index (χ1v) is 8.39. The fourth-order valence-corrected chi connectivity index (χ4v) is 2.62. The molecule has 0 unspecified atom stereocenters. The van der Waals surface area contributed by atoms with Crippen LogP contribution in [0, 0.1) is 0 Å². The average Bonchev–Trinajstić information content (AvgIpc) is 2.66. The molecule has 1 N–H and O–H groups in total. The van der Waals surface area contributed by atoms with E-state index in [9.17, 15) is 4.79 Å². The Morgan fingerprint density at radius 2 is 1.65 bits per heavy atom. The fourth-order valence-electron chi connectivity index (χ4n) is 2.62. The maximum Gasteiger partial charge on any atom is 0.225 e. The van der Waals surface area contributed by atoms with Crippen LogP contribution in [-0.2, 0) is 11.3 Å². The summed E-state index contributed by atoms with van der Waals surface area (Å²) in [4.78, 5) is 14.3. The molecule has 0 radical (unpaired) electrons. The number of benzene rings is 2. The third-order valence-electron chi connectivity index (χ3n) is 4.00. The molecule has 0 fully saturated rings. The molecule has 0 aliphatic rings. The Morgan fingerprint density at radius 1 is 0.962 bits per heavy atom. The van der Waals surface area contributed by atoms with E-state index in [1.807, 2.05) is 49.5 Å². The first kappa shape index (κ1) is 19.6. The number of nitrogens with zero attached hydrogens (tertiary/aromatic N) is 1. The van der Waals surface area contributed by atoms with E-state index in [2.05, 4.69) is 10.2 Å². The van der Waals surface area contributed by atoms with Gasteiger partial charge in [-0.2, -0.15) is 0 Å². The number of carbonyl (C=O) groups excluding carboxylic acids is 1. The van der Waals surface area contributed by atoms with Gasteiger partial charge in [0.2, 0.25) is 5.91 Å². The molecule has 2 aromatic carbocycles. The van der Waals surface area contributed by atoms with Crippen molar-refractivity contribution in [1.82, 2.24) is 4.90 Å². The summed E-state index contributed by atoms with van der Waals surface area (Å²) in [5.41, 5.74) is 1.78. The highest BCUT2D eigenvalue weighted by Crippen LogP contribution is 2.28. The summed E-state index contributed by atoms with van der Waals surface area (Å²) < 4.78 is 15.8. The van der Waals surface area contributed by atoms with Gasteiger partial charge in [0.25, 0.3) is 0 Å². The predicted octanol–water partition coefficient (Wildman–Crippen LogP) is 3.17. The second-order valence-corrected chi connectivity index (χ2v) is 5.93. The molecule has 0 spiro atoms. The number of anilines is 1. The zero-order valence-electron chi connectivity index (χ0n) is 15.7. The number of hydrogen-bond acceptors (Lipinski definition) is 5. The molecule has 0 bridgehead atoms. The van der Waals surface area contributed by atoms with E-state index in [0.717, 1.165) is 5.56 Å². The molecule has 0 saturated carbocycles. The van der Waals surface area contributed by atoms with Crippen LogP contribution in [0.1, 0.15) is 12.0 Å². The second kappa shape index (κ2) is 9.68. The Labute approximate surface area is 154 Å².